The van der Waals surface area contributed by atoms with Gasteiger partial charge in [-0.1, -0.05) is 12.2 Å². The van der Waals surface area contributed by atoms with E-state index in [1.807, 2.05) is 6.08 Å². The molecule has 58 valence electrons. The Balaban J connectivity index is 2.14. The number of carbonyl (C=O) groups excluding carboxylic acids is 1. The van der Waals surface area contributed by atoms with Gasteiger partial charge in [-0.25, -0.2) is 0 Å². The first-order valence-electron chi connectivity index (χ1n) is 3.98. The van der Waals surface area contributed by atoms with E-state index in [1.54, 1.807) is 0 Å². The maximum atomic E-state index is 10.4. The molecule has 11 heavy (non-hydrogen) atoms. The number of fused-ring (bicyclic) bond motifs is 1. The Kier molecular flexibility index (Phi) is 1.53. The SMILES string of the molecule is O=CC1CC2CC=CC=C2N1. The van der Waals surface area contributed by atoms with Gasteiger partial charge in [0.1, 0.15) is 6.29 Å². The molecular weight excluding hydrogens is 138 g/mol. The molecule has 1 heterocycles. The van der Waals surface area contributed by atoms with E-state index >= 15 is 0 Å². The zero-order chi connectivity index (χ0) is 7.68. The van der Waals surface area contributed by atoms with Crippen molar-refractivity contribution in [2.75, 3.05) is 0 Å². The molecule has 2 atom stereocenters. The van der Waals surface area contributed by atoms with E-state index in [1.165, 1.54) is 5.70 Å². The van der Waals surface area contributed by atoms with Crippen LogP contribution in [0.25, 0.3) is 0 Å². The first-order valence-corrected chi connectivity index (χ1v) is 3.98. The molecule has 2 aliphatic rings. The van der Waals surface area contributed by atoms with E-state index < -0.39 is 0 Å². The van der Waals surface area contributed by atoms with Gasteiger partial charge in [0.15, 0.2) is 0 Å². The fourth-order valence-electron chi connectivity index (χ4n) is 1.74. The second-order valence-electron chi connectivity index (χ2n) is 3.11. The Morgan fingerprint density at radius 3 is 3.27 bits per heavy atom. The number of allylic oxidation sites excluding steroid dienone is 4. The molecule has 0 bridgehead atoms. The van der Waals surface area contributed by atoms with E-state index in [0.29, 0.717) is 5.92 Å². The van der Waals surface area contributed by atoms with Gasteiger partial charge in [0.25, 0.3) is 0 Å². The Morgan fingerprint density at radius 1 is 1.64 bits per heavy atom. The molecule has 2 rings (SSSR count). The van der Waals surface area contributed by atoms with Crippen molar-refractivity contribution in [1.29, 1.82) is 0 Å². The van der Waals surface area contributed by atoms with Gasteiger partial charge in [-0.15, -0.1) is 0 Å². The predicted octanol–water partition coefficient (Wildman–Crippen LogP) is 1.01. The van der Waals surface area contributed by atoms with Crippen LogP contribution in [0.2, 0.25) is 0 Å². The average molecular weight is 149 g/mol. The molecule has 2 heteroatoms. The summed E-state index contributed by atoms with van der Waals surface area (Å²) in [5, 5.41) is 3.18. The van der Waals surface area contributed by atoms with Gasteiger partial charge >= 0.3 is 0 Å². The lowest BCUT2D eigenvalue weighted by molar-refractivity contribution is -0.109. The number of carbonyl (C=O) groups is 1. The van der Waals surface area contributed by atoms with Crippen molar-refractivity contribution >= 4 is 6.29 Å². The lowest BCUT2D eigenvalue weighted by Crippen LogP contribution is -2.21. The molecule has 0 radical (unpaired) electrons. The van der Waals surface area contributed by atoms with Crippen LogP contribution in [-0.2, 0) is 4.79 Å². The molecule has 0 aromatic rings. The third kappa shape index (κ3) is 1.09. The van der Waals surface area contributed by atoms with Gasteiger partial charge in [-0.3, -0.25) is 0 Å². The van der Waals surface area contributed by atoms with Crippen LogP contribution in [0.15, 0.2) is 23.9 Å². The zero-order valence-corrected chi connectivity index (χ0v) is 6.29. The topological polar surface area (TPSA) is 29.1 Å². The highest BCUT2D eigenvalue weighted by molar-refractivity contribution is 5.59. The van der Waals surface area contributed by atoms with Crippen molar-refractivity contribution in [3.63, 3.8) is 0 Å². The van der Waals surface area contributed by atoms with E-state index in [0.717, 1.165) is 19.1 Å². The van der Waals surface area contributed by atoms with E-state index in [-0.39, 0.29) is 6.04 Å². The smallest absolute Gasteiger partial charge is 0.142 e. The molecule has 1 saturated heterocycles. The monoisotopic (exact) mass is 149 g/mol. The summed E-state index contributed by atoms with van der Waals surface area (Å²) in [5.74, 6) is 0.579. The van der Waals surface area contributed by atoms with Crippen molar-refractivity contribution < 1.29 is 4.79 Å². The van der Waals surface area contributed by atoms with Gasteiger partial charge in [-0.05, 0) is 18.9 Å². The normalized spacial score (nSPS) is 34.0. The second-order valence-corrected chi connectivity index (χ2v) is 3.11. The first-order chi connectivity index (χ1) is 5.40. The minimum absolute atomic E-state index is 0.0613. The fraction of sp³-hybridized carbons (Fsp3) is 0.444. The summed E-state index contributed by atoms with van der Waals surface area (Å²) >= 11 is 0. The summed E-state index contributed by atoms with van der Waals surface area (Å²) in [6.45, 7) is 0. The van der Waals surface area contributed by atoms with Crippen LogP contribution < -0.4 is 5.32 Å². The van der Waals surface area contributed by atoms with Crippen LogP contribution in [0.3, 0.4) is 0 Å². The summed E-state index contributed by atoms with van der Waals surface area (Å²) in [6, 6.07) is 0.0613. The fourth-order valence-corrected chi connectivity index (χ4v) is 1.74. The number of nitrogens with one attached hydrogen (secondary N) is 1. The Bertz CT molecular complexity index is 230. The maximum absolute atomic E-state index is 10.4. The third-order valence-electron chi connectivity index (χ3n) is 2.33. The highest BCUT2D eigenvalue weighted by atomic mass is 16.1. The summed E-state index contributed by atoms with van der Waals surface area (Å²) in [4.78, 5) is 10.4. The molecular formula is C9H11NO. The van der Waals surface area contributed by atoms with Crippen molar-refractivity contribution in [3.05, 3.63) is 23.9 Å². The molecule has 0 aromatic carbocycles. The predicted molar refractivity (Wildman–Crippen MR) is 42.9 cm³/mol. The number of hydrogen-bond acceptors (Lipinski definition) is 2. The molecule has 0 aromatic heterocycles. The molecule has 0 saturated carbocycles. The average Bonchev–Trinajstić information content (AvgIpc) is 2.46. The van der Waals surface area contributed by atoms with Gasteiger partial charge < -0.3 is 10.1 Å². The van der Waals surface area contributed by atoms with Crippen LogP contribution in [0.4, 0.5) is 0 Å². The largest absolute Gasteiger partial charge is 0.379 e. The standard InChI is InChI=1S/C9H11NO/c11-6-8-5-7-3-1-2-4-9(7)10-8/h1-2,4,6-8,10H,3,5H2. The molecule has 1 aliphatic heterocycles. The van der Waals surface area contributed by atoms with Gasteiger partial charge in [-0.2, -0.15) is 0 Å². The van der Waals surface area contributed by atoms with Crippen LogP contribution in [0, 0.1) is 5.92 Å². The molecule has 2 unspecified atom stereocenters. The molecule has 2 nitrogen and oxygen atoms in total. The van der Waals surface area contributed by atoms with Crippen molar-refractivity contribution in [2.24, 2.45) is 5.92 Å². The van der Waals surface area contributed by atoms with E-state index in [9.17, 15) is 4.79 Å². The number of aldehydes is 1. The van der Waals surface area contributed by atoms with E-state index in [2.05, 4.69) is 17.5 Å². The van der Waals surface area contributed by atoms with Gasteiger partial charge in [0.2, 0.25) is 0 Å². The summed E-state index contributed by atoms with van der Waals surface area (Å²) < 4.78 is 0. The van der Waals surface area contributed by atoms with Crippen molar-refractivity contribution in [3.8, 4) is 0 Å². The Labute approximate surface area is 66.0 Å². The maximum Gasteiger partial charge on any atom is 0.142 e. The summed E-state index contributed by atoms with van der Waals surface area (Å²) in [7, 11) is 0. The quantitative estimate of drug-likeness (QED) is 0.564. The highest BCUT2D eigenvalue weighted by Crippen LogP contribution is 2.28. The van der Waals surface area contributed by atoms with Crippen LogP contribution in [0.5, 0.6) is 0 Å². The molecule has 0 spiro atoms. The third-order valence-corrected chi connectivity index (χ3v) is 2.33. The number of hydrogen-bond donors (Lipinski definition) is 1. The minimum Gasteiger partial charge on any atom is -0.379 e. The van der Waals surface area contributed by atoms with Gasteiger partial charge in [0.05, 0.1) is 6.04 Å². The Hall–Kier alpha value is -1.05. The Morgan fingerprint density at radius 2 is 2.55 bits per heavy atom. The molecule has 1 fully saturated rings. The number of rotatable bonds is 1. The van der Waals surface area contributed by atoms with E-state index in [4.69, 9.17) is 0 Å². The van der Waals surface area contributed by atoms with Gasteiger partial charge in [0, 0.05) is 11.6 Å². The van der Waals surface area contributed by atoms with Crippen LogP contribution in [0.1, 0.15) is 12.8 Å². The molecule has 1 aliphatic carbocycles. The lowest BCUT2D eigenvalue weighted by Gasteiger charge is -2.10. The van der Waals surface area contributed by atoms with Crippen LogP contribution in [-0.4, -0.2) is 12.3 Å². The van der Waals surface area contributed by atoms with Crippen molar-refractivity contribution in [2.45, 2.75) is 18.9 Å². The summed E-state index contributed by atoms with van der Waals surface area (Å²) in [5.41, 5.74) is 1.24. The zero-order valence-electron chi connectivity index (χ0n) is 6.29. The minimum atomic E-state index is 0.0613. The molecule has 0 amide bonds. The second kappa shape index (κ2) is 2.53. The lowest BCUT2D eigenvalue weighted by atomic mass is 9.96. The highest BCUT2D eigenvalue weighted by Gasteiger charge is 2.27. The summed E-state index contributed by atoms with van der Waals surface area (Å²) in [6.07, 6.45) is 9.33. The first kappa shape index (κ1) is 6.65. The molecule has 1 N–H and O–H groups in total. The van der Waals surface area contributed by atoms with Crippen LogP contribution >= 0.6 is 0 Å². The van der Waals surface area contributed by atoms with Crippen molar-refractivity contribution in [1.82, 2.24) is 5.32 Å².